The summed E-state index contributed by atoms with van der Waals surface area (Å²) in [6, 6.07) is 5.05. The van der Waals surface area contributed by atoms with Crippen LogP contribution in [0.4, 0.5) is 8.78 Å². The highest BCUT2D eigenvalue weighted by Crippen LogP contribution is 2.37. The number of aliphatic hydroxyl groups is 1. The van der Waals surface area contributed by atoms with Gasteiger partial charge >= 0.3 is 0 Å². The van der Waals surface area contributed by atoms with Crippen LogP contribution in [0.3, 0.4) is 0 Å². The fourth-order valence-electron chi connectivity index (χ4n) is 3.08. The summed E-state index contributed by atoms with van der Waals surface area (Å²) in [6.07, 6.45) is -0.595. The van der Waals surface area contributed by atoms with Crippen LogP contribution in [-0.4, -0.2) is 34.2 Å². The molecule has 2 unspecified atom stereocenters. The first-order valence-electron chi connectivity index (χ1n) is 7.03. The minimum atomic E-state index is -1.10. The molecule has 0 saturated carbocycles. The Morgan fingerprint density at radius 1 is 1.27 bits per heavy atom. The SMILES string of the molecule is CC(C)(C)N1C[C@H](c2cc(F)cc(F)c2)CC1C(O)C#N.Cl. The molecule has 0 radical (unpaired) electrons. The molecule has 1 aliphatic rings. The Morgan fingerprint density at radius 2 is 1.82 bits per heavy atom. The smallest absolute Gasteiger partial charge is 0.155 e. The summed E-state index contributed by atoms with van der Waals surface area (Å²) in [7, 11) is 0. The van der Waals surface area contributed by atoms with Crippen LogP contribution in [0.5, 0.6) is 0 Å². The second-order valence-corrected chi connectivity index (χ2v) is 6.60. The van der Waals surface area contributed by atoms with Gasteiger partial charge in [0.05, 0.1) is 12.1 Å². The van der Waals surface area contributed by atoms with Gasteiger partial charge in [0.2, 0.25) is 0 Å². The van der Waals surface area contributed by atoms with Gasteiger partial charge in [-0.05, 0) is 50.8 Å². The van der Waals surface area contributed by atoms with Gasteiger partial charge in [0.15, 0.2) is 6.10 Å². The molecule has 1 fully saturated rings. The summed E-state index contributed by atoms with van der Waals surface area (Å²) in [6.45, 7) is 6.56. The van der Waals surface area contributed by atoms with Gasteiger partial charge in [-0.15, -0.1) is 12.4 Å². The van der Waals surface area contributed by atoms with Gasteiger partial charge in [-0.25, -0.2) is 8.78 Å². The molecule has 6 heteroatoms. The van der Waals surface area contributed by atoms with Gasteiger partial charge < -0.3 is 5.11 Å². The molecule has 1 aliphatic heterocycles. The Morgan fingerprint density at radius 3 is 2.27 bits per heavy atom. The van der Waals surface area contributed by atoms with Crippen molar-refractivity contribution in [2.45, 2.75) is 50.8 Å². The Bertz CT molecular complexity index is 548. The number of aliphatic hydroxyl groups excluding tert-OH is 1. The Labute approximate surface area is 136 Å². The number of nitriles is 1. The van der Waals surface area contributed by atoms with E-state index in [-0.39, 0.29) is 29.9 Å². The van der Waals surface area contributed by atoms with Crippen LogP contribution >= 0.6 is 12.4 Å². The summed E-state index contributed by atoms with van der Waals surface area (Å²) in [5.74, 6) is -1.30. The molecule has 0 spiro atoms. The molecule has 22 heavy (non-hydrogen) atoms. The molecular weight excluding hydrogens is 310 g/mol. The molecule has 1 heterocycles. The van der Waals surface area contributed by atoms with Crippen LogP contribution in [0.1, 0.15) is 38.7 Å². The van der Waals surface area contributed by atoms with Gasteiger partial charge in [0.25, 0.3) is 0 Å². The maximum absolute atomic E-state index is 13.4. The average Bonchev–Trinajstić information content (AvgIpc) is 2.81. The zero-order valence-corrected chi connectivity index (χ0v) is 13.7. The fraction of sp³-hybridized carbons (Fsp3) is 0.562. The average molecular weight is 331 g/mol. The molecule has 2 rings (SSSR count). The van der Waals surface area contributed by atoms with E-state index in [1.807, 2.05) is 31.7 Å². The number of halogens is 3. The first kappa shape index (κ1) is 18.8. The fourth-order valence-corrected chi connectivity index (χ4v) is 3.08. The third-order valence-electron chi connectivity index (χ3n) is 4.06. The van der Waals surface area contributed by atoms with E-state index in [0.717, 1.165) is 6.07 Å². The number of rotatable bonds is 2. The predicted molar refractivity (Wildman–Crippen MR) is 82.8 cm³/mol. The predicted octanol–water partition coefficient (Wildman–Crippen LogP) is 3.23. The lowest BCUT2D eigenvalue weighted by Gasteiger charge is -2.37. The van der Waals surface area contributed by atoms with Crippen LogP contribution in [-0.2, 0) is 0 Å². The van der Waals surface area contributed by atoms with E-state index >= 15 is 0 Å². The zero-order valence-electron chi connectivity index (χ0n) is 12.9. The third-order valence-corrected chi connectivity index (χ3v) is 4.06. The molecule has 1 saturated heterocycles. The summed E-state index contributed by atoms with van der Waals surface area (Å²) < 4.78 is 26.8. The van der Waals surface area contributed by atoms with E-state index in [1.54, 1.807) is 0 Å². The lowest BCUT2D eigenvalue weighted by Crippen LogP contribution is -2.49. The Kier molecular flexibility index (Phi) is 5.91. The lowest BCUT2D eigenvalue weighted by atomic mass is 9.94. The molecule has 1 N–H and O–H groups in total. The van der Waals surface area contributed by atoms with Gasteiger partial charge in [0.1, 0.15) is 11.6 Å². The number of hydrogen-bond acceptors (Lipinski definition) is 3. The summed E-state index contributed by atoms with van der Waals surface area (Å²) in [5, 5.41) is 18.9. The molecule has 1 aromatic rings. The summed E-state index contributed by atoms with van der Waals surface area (Å²) in [4.78, 5) is 2.04. The van der Waals surface area contributed by atoms with Crippen molar-refractivity contribution in [1.82, 2.24) is 4.90 Å². The van der Waals surface area contributed by atoms with Gasteiger partial charge in [-0.2, -0.15) is 5.26 Å². The van der Waals surface area contributed by atoms with Crippen LogP contribution < -0.4 is 0 Å². The van der Waals surface area contributed by atoms with Crippen molar-refractivity contribution in [1.29, 1.82) is 5.26 Å². The van der Waals surface area contributed by atoms with Crippen LogP contribution in [0, 0.1) is 23.0 Å². The third kappa shape index (κ3) is 3.95. The quantitative estimate of drug-likeness (QED) is 0.847. The number of likely N-dealkylation sites (tertiary alicyclic amines) is 1. The Hall–Kier alpha value is -1.22. The van der Waals surface area contributed by atoms with Crippen molar-refractivity contribution in [3.05, 3.63) is 35.4 Å². The van der Waals surface area contributed by atoms with E-state index in [0.29, 0.717) is 18.5 Å². The summed E-state index contributed by atoms with van der Waals surface area (Å²) in [5.41, 5.74) is 0.345. The van der Waals surface area contributed by atoms with Crippen molar-refractivity contribution >= 4 is 12.4 Å². The second kappa shape index (κ2) is 6.91. The number of nitrogens with zero attached hydrogens (tertiary/aromatic N) is 2. The van der Waals surface area contributed by atoms with Crippen molar-refractivity contribution in [2.75, 3.05) is 6.54 Å². The highest BCUT2D eigenvalue weighted by Gasteiger charge is 2.42. The number of benzene rings is 1. The highest BCUT2D eigenvalue weighted by molar-refractivity contribution is 5.85. The molecule has 0 aromatic heterocycles. The van der Waals surface area contributed by atoms with Crippen molar-refractivity contribution < 1.29 is 13.9 Å². The van der Waals surface area contributed by atoms with Crippen LogP contribution in [0.15, 0.2) is 18.2 Å². The Balaban J connectivity index is 0.00000242. The van der Waals surface area contributed by atoms with Crippen molar-refractivity contribution in [3.8, 4) is 6.07 Å². The van der Waals surface area contributed by atoms with E-state index in [1.165, 1.54) is 12.1 Å². The first-order chi connectivity index (χ1) is 9.72. The monoisotopic (exact) mass is 330 g/mol. The maximum Gasteiger partial charge on any atom is 0.155 e. The lowest BCUT2D eigenvalue weighted by molar-refractivity contribution is 0.0516. The number of hydrogen-bond donors (Lipinski definition) is 1. The van der Waals surface area contributed by atoms with Gasteiger partial charge in [-0.3, -0.25) is 4.90 Å². The molecule has 3 nitrogen and oxygen atoms in total. The van der Waals surface area contributed by atoms with Gasteiger partial charge in [0, 0.05) is 18.2 Å². The minimum absolute atomic E-state index is 0. The van der Waals surface area contributed by atoms with Gasteiger partial charge in [-0.1, -0.05) is 0 Å². The van der Waals surface area contributed by atoms with Crippen LogP contribution in [0.2, 0.25) is 0 Å². The topological polar surface area (TPSA) is 47.3 Å². The second-order valence-electron chi connectivity index (χ2n) is 6.60. The normalized spacial score (nSPS) is 23.7. The minimum Gasteiger partial charge on any atom is -0.376 e. The molecule has 0 aliphatic carbocycles. The first-order valence-corrected chi connectivity index (χ1v) is 7.03. The van der Waals surface area contributed by atoms with Crippen molar-refractivity contribution in [2.24, 2.45) is 0 Å². The van der Waals surface area contributed by atoms with E-state index < -0.39 is 17.7 Å². The van der Waals surface area contributed by atoms with E-state index in [2.05, 4.69) is 0 Å². The van der Waals surface area contributed by atoms with E-state index in [9.17, 15) is 13.9 Å². The molecule has 0 bridgehead atoms. The zero-order chi connectivity index (χ0) is 15.8. The van der Waals surface area contributed by atoms with Crippen LogP contribution in [0.25, 0.3) is 0 Å². The molecule has 3 atom stereocenters. The molecular formula is C16H21ClF2N2O. The maximum atomic E-state index is 13.4. The standard InChI is InChI=1S/C16H20F2N2O.ClH/c1-16(2,3)20-9-11(6-14(20)15(21)8-19)10-4-12(17)7-13(18)5-10;/h4-5,7,11,14-15,21H,6,9H2,1-3H3;1H/t11-,14?,15?;/m1./s1. The molecule has 0 amide bonds. The molecule has 122 valence electrons. The summed E-state index contributed by atoms with van der Waals surface area (Å²) >= 11 is 0. The van der Waals surface area contributed by atoms with Crippen molar-refractivity contribution in [3.63, 3.8) is 0 Å². The van der Waals surface area contributed by atoms with E-state index in [4.69, 9.17) is 5.26 Å². The highest BCUT2D eigenvalue weighted by atomic mass is 35.5. The largest absolute Gasteiger partial charge is 0.376 e. The molecule has 1 aromatic carbocycles.